The van der Waals surface area contributed by atoms with Gasteiger partial charge in [0, 0.05) is 44.4 Å². The fraction of sp³-hybridized carbons (Fsp3) is 0.429. The Hall–Kier alpha value is -1.85. The van der Waals surface area contributed by atoms with E-state index in [1.807, 2.05) is 21.2 Å². The summed E-state index contributed by atoms with van der Waals surface area (Å²) >= 11 is 7.58. The van der Waals surface area contributed by atoms with Crippen LogP contribution in [0.15, 0.2) is 41.8 Å². The third kappa shape index (κ3) is 3.50. The maximum atomic E-state index is 13.0. The summed E-state index contributed by atoms with van der Waals surface area (Å²) in [7, 11) is 0. The van der Waals surface area contributed by atoms with Crippen LogP contribution in [-0.4, -0.2) is 47.8 Å². The zero-order valence-electron chi connectivity index (χ0n) is 15.4. The predicted octanol–water partition coefficient (Wildman–Crippen LogP) is 3.95. The zero-order valence-corrected chi connectivity index (χ0v) is 16.9. The van der Waals surface area contributed by atoms with Crippen molar-refractivity contribution in [2.24, 2.45) is 11.3 Å². The minimum absolute atomic E-state index is 0.0258. The van der Waals surface area contributed by atoms with Crippen LogP contribution in [-0.2, 0) is 11.2 Å². The van der Waals surface area contributed by atoms with Crippen molar-refractivity contribution in [2.75, 3.05) is 26.2 Å². The summed E-state index contributed by atoms with van der Waals surface area (Å²) in [5.41, 5.74) is 1.28. The van der Waals surface area contributed by atoms with Gasteiger partial charge in [-0.15, -0.1) is 11.3 Å². The number of carbonyl (C=O) groups excluding carboxylic acids is 2. The van der Waals surface area contributed by atoms with E-state index in [0.717, 1.165) is 25.9 Å². The van der Waals surface area contributed by atoms with Gasteiger partial charge in [-0.05, 0) is 29.9 Å². The Labute approximate surface area is 168 Å². The van der Waals surface area contributed by atoms with E-state index in [9.17, 15) is 9.59 Å². The number of carbonyl (C=O) groups is 2. The molecule has 0 aliphatic carbocycles. The van der Waals surface area contributed by atoms with Gasteiger partial charge in [-0.3, -0.25) is 9.59 Å². The van der Waals surface area contributed by atoms with Crippen LogP contribution >= 0.6 is 22.9 Å². The van der Waals surface area contributed by atoms with Crippen molar-refractivity contribution < 1.29 is 9.59 Å². The minimum Gasteiger partial charge on any atom is -0.342 e. The van der Waals surface area contributed by atoms with Crippen LogP contribution in [0, 0.1) is 11.3 Å². The van der Waals surface area contributed by atoms with E-state index in [0.29, 0.717) is 28.9 Å². The second kappa shape index (κ2) is 7.28. The Morgan fingerprint density at radius 1 is 1.15 bits per heavy atom. The highest BCUT2D eigenvalue weighted by Crippen LogP contribution is 2.46. The number of fused-ring (bicyclic) bond motifs is 1. The summed E-state index contributed by atoms with van der Waals surface area (Å²) in [6.07, 6.45) is 1.94. The number of amides is 2. The van der Waals surface area contributed by atoms with Gasteiger partial charge in [0.15, 0.2) is 0 Å². The molecule has 0 spiro atoms. The van der Waals surface area contributed by atoms with Crippen LogP contribution in [0.5, 0.6) is 0 Å². The summed E-state index contributed by atoms with van der Waals surface area (Å²) in [6.45, 7) is 4.52. The molecule has 2 amide bonds. The molecule has 0 N–H and O–H groups in total. The summed E-state index contributed by atoms with van der Waals surface area (Å²) in [4.78, 5) is 29.5. The number of halogens is 1. The van der Waals surface area contributed by atoms with Crippen LogP contribution in [0.3, 0.4) is 0 Å². The van der Waals surface area contributed by atoms with Gasteiger partial charge >= 0.3 is 0 Å². The average Bonchev–Trinajstić information content (AvgIpc) is 3.32. The van der Waals surface area contributed by atoms with Gasteiger partial charge in [-0.1, -0.05) is 41.9 Å². The molecular weight excluding hydrogens is 380 g/mol. The normalized spacial score (nSPS) is 24.3. The molecule has 3 heterocycles. The Morgan fingerprint density at radius 2 is 1.85 bits per heavy atom. The van der Waals surface area contributed by atoms with Crippen LogP contribution in [0.1, 0.15) is 28.6 Å². The number of aryl methyl sites for hydroxylation is 1. The third-order valence-electron chi connectivity index (χ3n) is 6.06. The molecule has 0 saturated carbocycles. The van der Waals surface area contributed by atoms with Gasteiger partial charge in [-0.2, -0.15) is 0 Å². The maximum absolute atomic E-state index is 13.0. The number of hydrogen-bond acceptors (Lipinski definition) is 3. The minimum atomic E-state index is -0.0269. The van der Waals surface area contributed by atoms with Crippen molar-refractivity contribution in [1.29, 1.82) is 0 Å². The second-order valence-electron chi connectivity index (χ2n) is 7.73. The molecular formula is C21H23ClN2O2S. The lowest BCUT2D eigenvalue weighted by Crippen LogP contribution is -2.38. The molecule has 6 heteroatoms. The predicted molar refractivity (Wildman–Crippen MR) is 108 cm³/mol. The van der Waals surface area contributed by atoms with Crippen molar-refractivity contribution in [2.45, 2.75) is 19.8 Å². The van der Waals surface area contributed by atoms with Crippen molar-refractivity contribution in [3.63, 3.8) is 0 Å². The average molecular weight is 403 g/mol. The Morgan fingerprint density at radius 3 is 2.52 bits per heavy atom. The summed E-state index contributed by atoms with van der Waals surface area (Å²) in [6, 6.07) is 12.2. The molecule has 1 aromatic carbocycles. The lowest BCUT2D eigenvalue weighted by molar-refractivity contribution is -0.128. The molecule has 2 atom stereocenters. The summed E-state index contributed by atoms with van der Waals surface area (Å²) in [5, 5.41) is 2.39. The Kier molecular flexibility index (Phi) is 4.99. The van der Waals surface area contributed by atoms with E-state index in [4.69, 9.17) is 11.6 Å². The van der Waals surface area contributed by atoms with Crippen molar-refractivity contribution in [3.8, 4) is 0 Å². The van der Waals surface area contributed by atoms with E-state index in [1.165, 1.54) is 16.9 Å². The van der Waals surface area contributed by atoms with E-state index in [2.05, 4.69) is 24.3 Å². The first-order valence-corrected chi connectivity index (χ1v) is 10.6. The molecule has 27 heavy (non-hydrogen) atoms. The molecule has 2 aliphatic rings. The van der Waals surface area contributed by atoms with Crippen LogP contribution in [0.2, 0.25) is 5.02 Å². The Bertz CT molecular complexity index is 853. The van der Waals surface area contributed by atoms with Crippen molar-refractivity contribution in [3.05, 3.63) is 57.2 Å². The first-order valence-electron chi connectivity index (χ1n) is 9.30. The third-order valence-corrected chi connectivity index (χ3v) is 7.39. The standard InChI is InChI=1S/C21H23ClN2O2S/c1-15(25)23-11-17-12-24(20(26)19-18(22)8-10-27-19)14-21(17,13-23)9-7-16-5-3-2-4-6-16/h2-6,8,10,17H,7,9,11-14H2,1H3. The van der Waals surface area contributed by atoms with Crippen molar-refractivity contribution in [1.82, 2.24) is 9.80 Å². The first-order chi connectivity index (χ1) is 13.0. The Balaban J connectivity index is 1.54. The quantitative estimate of drug-likeness (QED) is 0.776. The number of nitrogens with zero attached hydrogens (tertiary/aromatic N) is 2. The zero-order chi connectivity index (χ0) is 19.0. The SMILES string of the molecule is CC(=O)N1CC2CN(C(=O)c3sccc3Cl)CC2(CCc2ccccc2)C1. The highest BCUT2D eigenvalue weighted by Gasteiger charge is 2.53. The highest BCUT2D eigenvalue weighted by atomic mass is 35.5. The van der Waals surface area contributed by atoms with Gasteiger partial charge < -0.3 is 9.80 Å². The summed E-state index contributed by atoms with van der Waals surface area (Å²) < 4.78 is 0. The van der Waals surface area contributed by atoms with Gasteiger partial charge in [0.1, 0.15) is 4.88 Å². The molecule has 2 saturated heterocycles. The largest absolute Gasteiger partial charge is 0.342 e. The molecule has 0 bridgehead atoms. The number of benzene rings is 1. The topological polar surface area (TPSA) is 40.6 Å². The van der Waals surface area contributed by atoms with E-state index >= 15 is 0 Å². The summed E-state index contributed by atoms with van der Waals surface area (Å²) in [5.74, 6) is 0.480. The second-order valence-corrected chi connectivity index (χ2v) is 9.05. The van der Waals surface area contributed by atoms with Gasteiger partial charge in [0.2, 0.25) is 5.91 Å². The highest BCUT2D eigenvalue weighted by molar-refractivity contribution is 7.12. The molecule has 142 valence electrons. The number of likely N-dealkylation sites (tertiary alicyclic amines) is 2. The monoisotopic (exact) mass is 402 g/mol. The molecule has 2 aliphatic heterocycles. The van der Waals surface area contributed by atoms with E-state index < -0.39 is 0 Å². The van der Waals surface area contributed by atoms with Gasteiger partial charge in [0.05, 0.1) is 5.02 Å². The van der Waals surface area contributed by atoms with E-state index in [-0.39, 0.29) is 17.2 Å². The van der Waals surface area contributed by atoms with E-state index in [1.54, 1.807) is 13.0 Å². The molecule has 2 aromatic rings. The molecule has 2 fully saturated rings. The lowest BCUT2D eigenvalue weighted by Gasteiger charge is -2.29. The molecule has 4 nitrogen and oxygen atoms in total. The number of rotatable bonds is 4. The number of thiophene rings is 1. The van der Waals surface area contributed by atoms with Crippen LogP contribution in [0.4, 0.5) is 0 Å². The van der Waals surface area contributed by atoms with Gasteiger partial charge in [0.25, 0.3) is 5.91 Å². The number of hydrogen-bond donors (Lipinski definition) is 0. The molecule has 0 radical (unpaired) electrons. The van der Waals surface area contributed by atoms with Crippen LogP contribution < -0.4 is 0 Å². The molecule has 1 aromatic heterocycles. The molecule has 4 rings (SSSR count). The fourth-order valence-corrected chi connectivity index (χ4v) is 5.66. The fourth-order valence-electron chi connectivity index (χ4n) is 4.56. The lowest BCUT2D eigenvalue weighted by atomic mass is 9.76. The van der Waals surface area contributed by atoms with Gasteiger partial charge in [-0.25, -0.2) is 0 Å². The van der Waals surface area contributed by atoms with Crippen molar-refractivity contribution >= 4 is 34.8 Å². The smallest absolute Gasteiger partial charge is 0.265 e. The van der Waals surface area contributed by atoms with Crippen LogP contribution in [0.25, 0.3) is 0 Å². The first kappa shape index (κ1) is 18.5. The maximum Gasteiger partial charge on any atom is 0.265 e. The molecule has 2 unspecified atom stereocenters.